The Balaban J connectivity index is 2.46. The third-order valence-electron chi connectivity index (χ3n) is 2.75. The average Bonchev–Trinajstić information content (AvgIpc) is 2.54. The Labute approximate surface area is 100 Å². The second-order valence-corrected chi connectivity index (χ2v) is 3.83. The van der Waals surface area contributed by atoms with Crippen LogP contribution in [0.5, 0.6) is 0 Å². The molecule has 1 aromatic rings. The van der Waals surface area contributed by atoms with Crippen LogP contribution in [-0.2, 0) is 14.4 Å². The normalized spacial score (nSPS) is 23.5. The van der Waals surface area contributed by atoms with Crippen molar-refractivity contribution in [3.05, 3.63) is 39.9 Å². The van der Waals surface area contributed by atoms with Gasteiger partial charge in [-0.15, -0.1) is 0 Å². The molecule has 0 heterocycles. The van der Waals surface area contributed by atoms with Crippen LogP contribution in [0.25, 0.3) is 0 Å². The zero-order valence-electron chi connectivity index (χ0n) is 8.90. The Kier molecular flexibility index (Phi) is 2.76. The molecule has 0 saturated heterocycles. The average molecular weight is 249 g/mol. The summed E-state index contributed by atoms with van der Waals surface area (Å²) in [5.41, 5.74) is -0.194. The van der Waals surface area contributed by atoms with E-state index in [1.54, 1.807) is 0 Å². The minimum atomic E-state index is -1.76. The van der Waals surface area contributed by atoms with Crippen LogP contribution in [-0.4, -0.2) is 33.5 Å². The Hall–Kier alpha value is -2.41. The monoisotopic (exact) mass is 249 g/mol. The van der Waals surface area contributed by atoms with Crippen LogP contribution in [0.4, 0.5) is 5.69 Å². The molecule has 7 heteroatoms. The number of benzene rings is 1. The molecule has 0 spiro atoms. The second-order valence-electron chi connectivity index (χ2n) is 3.83. The lowest BCUT2D eigenvalue weighted by Crippen LogP contribution is -2.21. The number of aliphatic hydroxyl groups is 1. The lowest BCUT2D eigenvalue weighted by Gasteiger charge is -2.10. The molecule has 0 radical (unpaired) electrons. The number of aliphatic hydroxyl groups excluding tert-OH is 1. The summed E-state index contributed by atoms with van der Waals surface area (Å²) in [6.07, 6.45) is -1.76. The summed E-state index contributed by atoms with van der Waals surface area (Å²) < 4.78 is 0. The summed E-state index contributed by atoms with van der Waals surface area (Å²) in [4.78, 5) is 43.7. The van der Waals surface area contributed by atoms with Crippen LogP contribution in [0.3, 0.4) is 0 Å². The molecule has 1 N–H and O–H groups in total. The number of non-ortho nitro benzene ring substituents is 1. The second kappa shape index (κ2) is 4.11. The highest BCUT2D eigenvalue weighted by Gasteiger charge is 2.48. The standard InChI is InChI=1S/C11H7NO6/c13-8-7(9(14)11(16)10(8)15)5-2-1-3-6(4-5)12(17)18/h1-4,7-8,13H. The molecule has 0 amide bonds. The van der Waals surface area contributed by atoms with Gasteiger partial charge >= 0.3 is 0 Å². The van der Waals surface area contributed by atoms with Gasteiger partial charge in [-0.1, -0.05) is 12.1 Å². The maximum Gasteiger partial charge on any atom is 0.269 e. The van der Waals surface area contributed by atoms with Crippen molar-refractivity contribution in [2.75, 3.05) is 0 Å². The quantitative estimate of drug-likeness (QED) is 0.439. The molecule has 1 saturated carbocycles. The fraction of sp³-hybridized carbons (Fsp3) is 0.182. The molecule has 18 heavy (non-hydrogen) atoms. The first-order chi connectivity index (χ1) is 8.43. The number of ketones is 3. The first-order valence-corrected chi connectivity index (χ1v) is 4.98. The molecule has 1 aliphatic carbocycles. The van der Waals surface area contributed by atoms with Crippen molar-refractivity contribution < 1.29 is 24.4 Å². The van der Waals surface area contributed by atoms with Crippen LogP contribution < -0.4 is 0 Å². The Morgan fingerprint density at radius 1 is 1.17 bits per heavy atom. The molecule has 2 atom stereocenters. The molecule has 1 aliphatic rings. The smallest absolute Gasteiger partial charge is 0.269 e. The van der Waals surface area contributed by atoms with E-state index in [9.17, 15) is 29.6 Å². The van der Waals surface area contributed by atoms with E-state index in [0.717, 1.165) is 6.07 Å². The van der Waals surface area contributed by atoms with Gasteiger partial charge < -0.3 is 5.11 Å². The van der Waals surface area contributed by atoms with E-state index >= 15 is 0 Å². The molecule has 0 aromatic heterocycles. The van der Waals surface area contributed by atoms with Crippen molar-refractivity contribution in [2.24, 2.45) is 0 Å². The number of nitro groups is 1. The van der Waals surface area contributed by atoms with Gasteiger partial charge in [-0.25, -0.2) is 0 Å². The van der Waals surface area contributed by atoms with Gasteiger partial charge in [0.05, 0.1) is 10.8 Å². The largest absolute Gasteiger partial charge is 0.384 e. The Morgan fingerprint density at radius 3 is 2.33 bits per heavy atom. The summed E-state index contributed by atoms with van der Waals surface area (Å²) in [7, 11) is 0. The molecule has 0 aliphatic heterocycles. The van der Waals surface area contributed by atoms with Crippen molar-refractivity contribution in [1.82, 2.24) is 0 Å². The van der Waals surface area contributed by atoms with Gasteiger partial charge in [-0.2, -0.15) is 0 Å². The summed E-state index contributed by atoms with van der Waals surface area (Å²) in [5.74, 6) is -4.81. The van der Waals surface area contributed by atoms with Gasteiger partial charge in [0.2, 0.25) is 11.6 Å². The number of carbonyl (C=O) groups is 3. The SMILES string of the molecule is O=C1C(=O)C(O)C(c2cccc([N+](=O)[O-])c2)C1=O. The van der Waals surface area contributed by atoms with Crippen LogP contribution in [0.1, 0.15) is 11.5 Å². The lowest BCUT2D eigenvalue weighted by molar-refractivity contribution is -0.384. The fourth-order valence-electron chi connectivity index (χ4n) is 1.86. The van der Waals surface area contributed by atoms with Gasteiger partial charge in [0.1, 0.15) is 6.10 Å². The van der Waals surface area contributed by atoms with Crippen LogP contribution in [0.2, 0.25) is 0 Å². The van der Waals surface area contributed by atoms with Gasteiger partial charge in [0.15, 0.2) is 0 Å². The van der Waals surface area contributed by atoms with E-state index < -0.39 is 34.3 Å². The van der Waals surface area contributed by atoms with E-state index in [4.69, 9.17) is 0 Å². The lowest BCUT2D eigenvalue weighted by atomic mass is 9.94. The predicted molar refractivity (Wildman–Crippen MR) is 56.9 cm³/mol. The highest BCUT2D eigenvalue weighted by Crippen LogP contribution is 2.29. The van der Waals surface area contributed by atoms with E-state index in [-0.39, 0.29) is 11.3 Å². The Morgan fingerprint density at radius 2 is 1.83 bits per heavy atom. The molecule has 92 valence electrons. The summed E-state index contributed by atoms with van der Waals surface area (Å²) >= 11 is 0. The van der Waals surface area contributed by atoms with E-state index in [2.05, 4.69) is 0 Å². The van der Waals surface area contributed by atoms with Gasteiger partial charge in [0, 0.05) is 12.1 Å². The molecular weight excluding hydrogens is 242 g/mol. The first-order valence-electron chi connectivity index (χ1n) is 4.98. The number of nitro benzene ring substituents is 1. The number of nitrogens with zero attached hydrogens (tertiary/aromatic N) is 1. The van der Waals surface area contributed by atoms with Gasteiger partial charge in [-0.3, -0.25) is 24.5 Å². The van der Waals surface area contributed by atoms with Crippen LogP contribution in [0.15, 0.2) is 24.3 Å². The van der Waals surface area contributed by atoms with Crippen molar-refractivity contribution >= 4 is 23.0 Å². The number of carbonyl (C=O) groups excluding carboxylic acids is 3. The number of hydrogen-bond donors (Lipinski definition) is 1. The molecule has 0 bridgehead atoms. The number of hydrogen-bond acceptors (Lipinski definition) is 6. The summed E-state index contributed by atoms with van der Waals surface area (Å²) in [6.45, 7) is 0. The minimum absolute atomic E-state index is 0.0842. The number of rotatable bonds is 2. The summed E-state index contributed by atoms with van der Waals surface area (Å²) in [5, 5.41) is 20.1. The zero-order chi connectivity index (χ0) is 13.4. The molecule has 7 nitrogen and oxygen atoms in total. The molecule has 2 unspecified atom stereocenters. The minimum Gasteiger partial charge on any atom is -0.384 e. The van der Waals surface area contributed by atoms with E-state index in [1.165, 1.54) is 18.2 Å². The fourth-order valence-corrected chi connectivity index (χ4v) is 1.86. The third kappa shape index (κ3) is 1.70. The topological polar surface area (TPSA) is 115 Å². The highest BCUT2D eigenvalue weighted by molar-refractivity contribution is 6.69. The molecule has 1 aromatic carbocycles. The van der Waals surface area contributed by atoms with Crippen LogP contribution >= 0.6 is 0 Å². The van der Waals surface area contributed by atoms with Crippen molar-refractivity contribution in [3.63, 3.8) is 0 Å². The zero-order valence-corrected chi connectivity index (χ0v) is 8.90. The van der Waals surface area contributed by atoms with Crippen molar-refractivity contribution in [2.45, 2.75) is 12.0 Å². The van der Waals surface area contributed by atoms with Crippen molar-refractivity contribution in [3.8, 4) is 0 Å². The summed E-state index contributed by atoms with van der Waals surface area (Å²) in [6, 6.07) is 4.95. The van der Waals surface area contributed by atoms with Gasteiger partial charge in [0.25, 0.3) is 11.5 Å². The molecule has 2 rings (SSSR count). The van der Waals surface area contributed by atoms with E-state index in [0.29, 0.717) is 0 Å². The van der Waals surface area contributed by atoms with Crippen LogP contribution in [0, 0.1) is 10.1 Å². The predicted octanol–water partition coefficient (Wildman–Crippen LogP) is -0.240. The number of Topliss-reactive ketones (excluding diaryl/α,β-unsaturated/α-hetero) is 3. The highest BCUT2D eigenvalue weighted by atomic mass is 16.6. The maximum absolute atomic E-state index is 11.5. The molecule has 1 fully saturated rings. The first kappa shape index (κ1) is 12.1. The Bertz CT molecular complexity index is 579. The maximum atomic E-state index is 11.5. The van der Waals surface area contributed by atoms with Gasteiger partial charge in [-0.05, 0) is 5.56 Å². The third-order valence-corrected chi connectivity index (χ3v) is 2.75. The van der Waals surface area contributed by atoms with E-state index in [1.807, 2.05) is 0 Å². The van der Waals surface area contributed by atoms with Crippen molar-refractivity contribution in [1.29, 1.82) is 0 Å². The molecular formula is C11H7NO6.